The molecule has 1 aliphatic rings. The first-order chi connectivity index (χ1) is 15.4. The fourth-order valence-electron chi connectivity index (χ4n) is 4.07. The minimum atomic E-state index is -0.428. The predicted octanol–water partition coefficient (Wildman–Crippen LogP) is 2.01. The number of anilines is 1. The summed E-state index contributed by atoms with van der Waals surface area (Å²) in [7, 11) is 1.60. The second kappa shape index (κ2) is 9.04. The molecule has 0 radical (unpaired) electrons. The van der Waals surface area contributed by atoms with E-state index in [1.807, 2.05) is 26.0 Å². The summed E-state index contributed by atoms with van der Waals surface area (Å²) in [5, 5.41) is 2.66. The first-order valence-electron chi connectivity index (χ1n) is 10.8. The highest BCUT2D eigenvalue weighted by atomic mass is 19.1. The Labute approximate surface area is 185 Å². The first-order valence-corrected chi connectivity index (χ1v) is 10.8. The fraction of sp³-hybridized carbons (Fsp3) is 0.391. The number of carbonyl (C=O) groups is 1. The SMILES string of the molecule is CCc1nc2c(F)cc(CN3CCN(c4ccc(C)nc4C(=O)NC)CC3)cc2[nH]c1=O. The number of H-pyrrole nitrogens is 1. The Morgan fingerprint density at radius 1 is 1.19 bits per heavy atom. The molecule has 1 fully saturated rings. The Morgan fingerprint density at radius 3 is 2.62 bits per heavy atom. The number of pyridine rings is 1. The zero-order chi connectivity index (χ0) is 22.8. The molecule has 1 saturated heterocycles. The summed E-state index contributed by atoms with van der Waals surface area (Å²) in [6.45, 7) is 7.20. The van der Waals surface area contributed by atoms with Crippen LogP contribution < -0.4 is 15.8 Å². The van der Waals surface area contributed by atoms with E-state index in [1.54, 1.807) is 13.1 Å². The molecule has 3 heterocycles. The number of carbonyl (C=O) groups excluding carboxylic acids is 1. The smallest absolute Gasteiger partial charge is 0.271 e. The van der Waals surface area contributed by atoms with Crippen molar-refractivity contribution in [3.05, 3.63) is 63.1 Å². The van der Waals surface area contributed by atoms with Gasteiger partial charge >= 0.3 is 0 Å². The molecular formula is C23H27FN6O2. The predicted molar refractivity (Wildman–Crippen MR) is 122 cm³/mol. The number of aromatic amines is 1. The average molecular weight is 439 g/mol. The second-order valence-corrected chi connectivity index (χ2v) is 8.00. The number of hydrogen-bond donors (Lipinski definition) is 2. The minimum Gasteiger partial charge on any atom is -0.367 e. The van der Waals surface area contributed by atoms with Crippen molar-refractivity contribution in [2.75, 3.05) is 38.1 Å². The molecule has 0 aliphatic carbocycles. The molecule has 0 atom stereocenters. The summed E-state index contributed by atoms with van der Waals surface area (Å²) in [5.41, 5.74) is 3.51. The van der Waals surface area contributed by atoms with Gasteiger partial charge in [-0.25, -0.2) is 14.4 Å². The molecule has 1 amide bonds. The van der Waals surface area contributed by atoms with Crippen LogP contribution in [0.3, 0.4) is 0 Å². The monoisotopic (exact) mass is 438 g/mol. The molecule has 2 N–H and O–H groups in total. The van der Waals surface area contributed by atoms with Gasteiger partial charge in [-0.15, -0.1) is 0 Å². The van der Waals surface area contributed by atoms with Crippen molar-refractivity contribution in [1.29, 1.82) is 0 Å². The van der Waals surface area contributed by atoms with Crippen LogP contribution in [-0.4, -0.2) is 59.0 Å². The largest absolute Gasteiger partial charge is 0.367 e. The lowest BCUT2D eigenvalue weighted by molar-refractivity contribution is 0.0958. The summed E-state index contributed by atoms with van der Waals surface area (Å²) in [6, 6.07) is 7.14. The van der Waals surface area contributed by atoms with Crippen molar-refractivity contribution in [2.24, 2.45) is 0 Å². The lowest BCUT2D eigenvalue weighted by Crippen LogP contribution is -2.46. The number of halogens is 1. The highest BCUT2D eigenvalue weighted by Gasteiger charge is 2.23. The van der Waals surface area contributed by atoms with Crippen LogP contribution in [-0.2, 0) is 13.0 Å². The van der Waals surface area contributed by atoms with E-state index in [9.17, 15) is 14.0 Å². The normalized spacial score (nSPS) is 14.7. The Hall–Kier alpha value is -3.33. The standard InChI is InChI=1S/C23H27FN6O2/c1-4-17-22(31)28-18-12-15(11-16(24)20(18)27-17)13-29-7-9-30(10-8-29)19-6-5-14(2)26-21(19)23(32)25-3/h5-6,11-12H,4,7-10,13H2,1-3H3,(H,25,32)(H,28,31). The minimum absolute atomic E-state index is 0.198. The van der Waals surface area contributed by atoms with E-state index in [2.05, 4.69) is 30.1 Å². The molecule has 4 rings (SSSR count). The Morgan fingerprint density at radius 2 is 1.94 bits per heavy atom. The zero-order valence-electron chi connectivity index (χ0n) is 18.5. The number of piperazine rings is 1. The Kier molecular flexibility index (Phi) is 6.18. The summed E-state index contributed by atoms with van der Waals surface area (Å²) in [5.74, 6) is -0.630. The second-order valence-electron chi connectivity index (χ2n) is 8.00. The maximum absolute atomic E-state index is 14.7. The first kappa shape index (κ1) is 21.9. The molecule has 0 saturated carbocycles. The van der Waals surface area contributed by atoms with Crippen molar-refractivity contribution in [3.8, 4) is 0 Å². The lowest BCUT2D eigenvalue weighted by Gasteiger charge is -2.36. The van der Waals surface area contributed by atoms with Crippen molar-refractivity contribution >= 4 is 22.6 Å². The number of hydrogen-bond acceptors (Lipinski definition) is 6. The van der Waals surface area contributed by atoms with Gasteiger partial charge in [-0.2, -0.15) is 0 Å². The number of aryl methyl sites for hydroxylation is 2. The molecule has 0 bridgehead atoms. The van der Waals surface area contributed by atoms with E-state index in [0.29, 0.717) is 29.9 Å². The number of aromatic nitrogens is 3. The van der Waals surface area contributed by atoms with Gasteiger partial charge in [-0.05, 0) is 43.2 Å². The number of nitrogens with zero attached hydrogens (tertiary/aromatic N) is 4. The van der Waals surface area contributed by atoms with Gasteiger partial charge < -0.3 is 15.2 Å². The summed E-state index contributed by atoms with van der Waals surface area (Å²) in [6.07, 6.45) is 0.453. The highest BCUT2D eigenvalue weighted by Crippen LogP contribution is 2.23. The van der Waals surface area contributed by atoms with Gasteiger partial charge in [0.2, 0.25) is 0 Å². The number of nitrogens with one attached hydrogen (secondary N) is 2. The van der Waals surface area contributed by atoms with Crippen LogP contribution in [0.5, 0.6) is 0 Å². The number of fused-ring (bicyclic) bond motifs is 1. The summed E-state index contributed by atoms with van der Waals surface area (Å²) < 4.78 is 14.7. The molecule has 0 unspecified atom stereocenters. The third kappa shape index (κ3) is 4.34. The van der Waals surface area contributed by atoms with E-state index >= 15 is 0 Å². The van der Waals surface area contributed by atoms with Crippen LogP contribution in [0.15, 0.2) is 29.1 Å². The molecule has 32 heavy (non-hydrogen) atoms. The molecule has 0 spiro atoms. The average Bonchev–Trinajstić information content (AvgIpc) is 2.78. The van der Waals surface area contributed by atoms with Gasteiger partial charge in [0.1, 0.15) is 11.2 Å². The molecular weight excluding hydrogens is 411 g/mol. The van der Waals surface area contributed by atoms with Crippen LogP contribution in [0.2, 0.25) is 0 Å². The molecule has 9 heteroatoms. The third-order valence-electron chi connectivity index (χ3n) is 5.79. The van der Waals surface area contributed by atoms with Crippen LogP contribution >= 0.6 is 0 Å². The van der Waals surface area contributed by atoms with Gasteiger partial charge in [-0.3, -0.25) is 14.5 Å². The molecule has 1 aliphatic heterocycles. The van der Waals surface area contributed by atoms with Gasteiger partial charge in [0.25, 0.3) is 11.5 Å². The fourth-order valence-corrected chi connectivity index (χ4v) is 4.07. The van der Waals surface area contributed by atoms with Gasteiger partial charge in [0, 0.05) is 45.5 Å². The van der Waals surface area contributed by atoms with E-state index < -0.39 is 5.82 Å². The highest BCUT2D eigenvalue weighted by molar-refractivity contribution is 5.97. The van der Waals surface area contributed by atoms with E-state index in [0.717, 1.165) is 43.1 Å². The molecule has 3 aromatic rings. The lowest BCUT2D eigenvalue weighted by atomic mass is 10.1. The van der Waals surface area contributed by atoms with Gasteiger partial charge in [0.15, 0.2) is 11.5 Å². The van der Waals surface area contributed by atoms with E-state index in [1.165, 1.54) is 6.07 Å². The van der Waals surface area contributed by atoms with Crippen molar-refractivity contribution < 1.29 is 9.18 Å². The third-order valence-corrected chi connectivity index (χ3v) is 5.79. The topological polar surface area (TPSA) is 94.2 Å². The maximum atomic E-state index is 14.7. The van der Waals surface area contributed by atoms with Crippen molar-refractivity contribution in [2.45, 2.75) is 26.8 Å². The van der Waals surface area contributed by atoms with Crippen molar-refractivity contribution in [3.63, 3.8) is 0 Å². The van der Waals surface area contributed by atoms with Gasteiger partial charge in [-0.1, -0.05) is 6.92 Å². The van der Waals surface area contributed by atoms with E-state index in [-0.39, 0.29) is 17.0 Å². The molecule has 168 valence electrons. The number of benzene rings is 1. The van der Waals surface area contributed by atoms with E-state index in [4.69, 9.17) is 0 Å². The Bertz CT molecular complexity index is 1220. The maximum Gasteiger partial charge on any atom is 0.271 e. The van der Waals surface area contributed by atoms with Crippen LogP contribution in [0.25, 0.3) is 11.0 Å². The summed E-state index contributed by atoms with van der Waals surface area (Å²) in [4.78, 5) is 40.1. The Balaban J connectivity index is 1.49. The van der Waals surface area contributed by atoms with Crippen LogP contribution in [0.4, 0.5) is 10.1 Å². The van der Waals surface area contributed by atoms with Gasteiger partial charge in [0.05, 0.1) is 11.2 Å². The quantitative estimate of drug-likeness (QED) is 0.633. The number of rotatable bonds is 5. The zero-order valence-corrected chi connectivity index (χ0v) is 18.5. The summed E-state index contributed by atoms with van der Waals surface area (Å²) >= 11 is 0. The molecule has 8 nitrogen and oxygen atoms in total. The number of amides is 1. The molecule has 2 aromatic heterocycles. The van der Waals surface area contributed by atoms with Crippen LogP contribution in [0, 0.1) is 12.7 Å². The van der Waals surface area contributed by atoms with Crippen molar-refractivity contribution in [1.82, 2.24) is 25.2 Å². The van der Waals surface area contributed by atoms with Crippen LogP contribution in [0.1, 0.15) is 34.4 Å². The molecule has 1 aromatic carbocycles.